The lowest BCUT2D eigenvalue weighted by atomic mass is 10.2. The van der Waals surface area contributed by atoms with Crippen LogP contribution < -0.4 is 10.1 Å². The minimum absolute atomic E-state index is 0.550. The molecule has 1 aromatic heterocycles. The quantitative estimate of drug-likeness (QED) is 0.943. The van der Waals surface area contributed by atoms with Gasteiger partial charge in [-0.3, -0.25) is 4.68 Å². The molecule has 0 aliphatic rings. The summed E-state index contributed by atoms with van der Waals surface area (Å²) in [4.78, 5) is 0. The van der Waals surface area contributed by atoms with E-state index in [2.05, 4.69) is 32.4 Å². The SMILES string of the molecule is COc1ccc(Nc2c(C#N)c(C)nn2C)cc1Br. The number of anilines is 2. The Kier molecular flexibility index (Phi) is 3.76. The number of aromatic nitrogens is 2. The second-order valence-electron chi connectivity index (χ2n) is 4.02. The van der Waals surface area contributed by atoms with Gasteiger partial charge in [0.05, 0.1) is 17.3 Å². The molecule has 19 heavy (non-hydrogen) atoms. The molecule has 1 heterocycles. The molecule has 0 aliphatic carbocycles. The van der Waals surface area contributed by atoms with E-state index >= 15 is 0 Å². The zero-order valence-electron chi connectivity index (χ0n) is 10.9. The monoisotopic (exact) mass is 320 g/mol. The number of methoxy groups -OCH3 is 1. The van der Waals surface area contributed by atoms with Gasteiger partial charge in [-0.1, -0.05) is 0 Å². The van der Waals surface area contributed by atoms with Crippen molar-refractivity contribution >= 4 is 27.4 Å². The van der Waals surface area contributed by atoms with Crippen molar-refractivity contribution in [3.63, 3.8) is 0 Å². The number of benzene rings is 1. The van der Waals surface area contributed by atoms with Gasteiger partial charge in [0, 0.05) is 12.7 Å². The Morgan fingerprint density at radius 2 is 2.21 bits per heavy atom. The molecule has 0 amide bonds. The number of halogens is 1. The van der Waals surface area contributed by atoms with Gasteiger partial charge in [-0.15, -0.1) is 0 Å². The Hall–Kier alpha value is -2.00. The predicted molar refractivity (Wildman–Crippen MR) is 76.6 cm³/mol. The van der Waals surface area contributed by atoms with Gasteiger partial charge >= 0.3 is 0 Å². The van der Waals surface area contributed by atoms with Crippen LogP contribution in [0.4, 0.5) is 11.5 Å². The molecule has 6 heteroatoms. The summed E-state index contributed by atoms with van der Waals surface area (Å²) in [6.45, 7) is 1.81. The van der Waals surface area contributed by atoms with Crippen molar-refractivity contribution in [2.45, 2.75) is 6.92 Å². The van der Waals surface area contributed by atoms with Crippen molar-refractivity contribution in [2.75, 3.05) is 12.4 Å². The van der Waals surface area contributed by atoms with E-state index in [9.17, 15) is 0 Å². The molecule has 98 valence electrons. The first-order valence-corrected chi connectivity index (χ1v) is 6.40. The van der Waals surface area contributed by atoms with Crippen LogP contribution in [0.2, 0.25) is 0 Å². The molecule has 0 fully saturated rings. The van der Waals surface area contributed by atoms with E-state index in [1.54, 1.807) is 18.8 Å². The van der Waals surface area contributed by atoms with Crippen molar-refractivity contribution in [1.29, 1.82) is 5.26 Å². The molecule has 0 saturated carbocycles. The molecule has 5 nitrogen and oxygen atoms in total. The van der Waals surface area contributed by atoms with E-state index in [0.29, 0.717) is 17.1 Å². The van der Waals surface area contributed by atoms with Gasteiger partial charge in [-0.05, 0) is 41.1 Å². The molecule has 1 N–H and O–H groups in total. The van der Waals surface area contributed by atoms with Crippen molar-refractivity contribution in [3.05, 3.63) is 33.9 Å². The third-order valence-corrected chi connectivity index (χ3v) is 3.37. The summed E-state index contributed by atoms with van der Waals surface area (Å²) in [7, 11) is 3.42. The number of nitrogens with zero attached hydrogens (tertiary/aromatic N) is 3. The van der Waals surface area contributed by atoms with Crippen LogP contribution in [0.25, 0.3) is 0 Å². The molecular formula is C13H13BrN4O. The molecule has 2 rings (SSSR count). The van der Waals surface area contributed by atoms with Crippen LogP contribution in [-0.2, 0) is 7.05 Å². The smallest absolute Gasteiger partial charge is 0.146 e. The van der Waals surface area contributed by atoms with E-state index in [-0.39, 0.29) is 0 Å². The minimum Gasteiger partial charge on any atom is -0.496 e. The third kappa shape index (κ3) is 2.56. The standard InChI is InChI=1S/C13H13BrN4O/c1-8-10(7-15)13(18(2)17-8)16-9-4-5-12(19-3)11(14)6-9/h4-6,16H,1-3H3. The number of hydrogen-bond acceptors (Lipinski definition) is 4. The summed E-state index contributed by atoms with van der Waals surface area (Å²) in [6, 6.07) is 7.78. The van der Waals surface area contributed by atoms with Crippen LogP contribution in [0.5, 0.6) is 5.75 Å². The maximum Gasteiger partial charge on any atom is 0.146 e. The predicted octanol–water partition coefficient (Wildman–Crippen LogP) is 3.11. The van der Waals surface area contributed by atoms with Gasteiger partial charge in [0.1, 0.15) is 23.2 Å². The Labute approximate surface area is 119 Å². The van der Waals surface area contributed by atoms with E-state index in [4.69, 9.17) is 10.00 Å². The zero-order chi connectivity index (χ0) is 14.0. The molecule has 0 bridgehead atoms. The highest BCUT2D eigenvalue weighted by Crippen LogP contribution is 2.30. The Morgan fingerprint density at radius 3 is 2.79 bits per heavy atom. The van der Waals surface area contributed by atoms with Gasteiger partial charge in [-0.2, -0.15) is 10.4 Å². The topological polar surface area (TPSA) is 62.9 Å². The molecule has 0 unspecified atom stereocenters. The number of aryl methyl sites for hydroxylation is 2. The molecule has 0 spiro atoms. The van der Waals surface area contributed by atoms with Crippen LogP contribution in [0.15, 0.2) is 22.7 Å². The highest BCUT2D eigenvalue weighted by atomic mass is 79.9. The highest BCUT2D eigenvalue weighted by Gasteiger charge is 2.13. The first-order chi connectivity index (χ1) is 9.06. The largest absolute Gasteiger partial charge is 0.496 e. The zero-order valence-corrected chi connectivity index (χ0v) is 12.4. The Balaban J connectivity index is 2.37. The van der Waals surface area contributed by atoms with Gasteiger partial charge in [-0.25, -0.2) is 0 Å². The summed E-state index contributed by atoms with van der Waals surface area (Å²) in [6.07, 6.45) is 0. The number of nitrogens with one attached hydrogen (secondary N) is 1. The van der Waals surface area contributed by atoms with Crippen molar-refractivity contribution < 1.29 is 4.74 Å². The van der Waals surface area contributed by atoms with Crippen molar-refractivity contribution in [1.82, 2.24) is 9.78 Å². The second-order valence-corrected chi connectivity index (χ2v) is 4.87. The highest BCUT2D eigenvalue weighted by molar-refractivity contribution is 9.10. The first-order valence-electron chi connectivity index (χ1n) is 5.61. The molecule has 0 aliphatic heterocycles. The lowest BCUT2D eigenvalue weighted by molar-refractivity contribution is 0.412. The van der Waals surface area contributed by atoms with Crippen LogP contribution in [0.1, 0.15) is 11.3 Å². The van der Waals surface area contributed by atoms with E-state index in [0.717, 1.165) is 15.9 Å². The lowest BCUT2D eigenvalue weighted by Crippen LogP contribution is -2.00. The van der Waals surface area contributed by atoms with Crippen LogP contribution in [0, 0.1) is 18.3 Å². The summed E-state index contributed by atoms with van der Waals surface area (Å²) >= 11 is 3.43. The summed E-state index contributed by atoms with van der Waals surface area (Å²) in [5, 5.41) is 16.6. The van der Waals surface area contributed by atoms with E-state index in [1.807, 2.05) is 25.1 Å². The van der Waals surface area contributed by atoms with Crippen LogP contribution in [-0.4, -0.2) is 16.9 Å². The average Bonchev–Trinajstić information content (AvgIpc) is 2.64. The third-order valence-electron chi connectivity index (χ3n) is 2.75. The van der Waals surface area contributed by atoms with Gasteiger partial charge < -0.3 is 10.1 Å². The summed E-state index contributed by atoms with van der Waals surface area (Å²) < 4.78 is 7.68. The maximum absolute atomic E-state index is 9.15. The lowest BCUT2D eigenvalue weighted by Gasteiger charge is -2.09. The Morgan fingerprint density at radius 1 is 1.47 bits per heavy atom. The number of rotatable bonds is 3. The number of hydrogen-bond donors (Lipinski definition) is 1. The molecule has 0 radical (unpaired) electrons. The normalized spacial score (nSPS) is 10.1. The van der Waals surface area contributed by atoms with Gasteiger partial charge in [0.2, 0.25) is 0 Å². The number of nitriles is 1. The fourth-order valence-corrected chi connectivity index (χ4v) is 2.36. The molecule has 0 atom stereocenters. The van der Waals surface area contributed by atoms with Gasteiger partial charge in [0.15, 0.2) is 0 Å². The van der Waals surface area contributed by atoms with E-state index < -0.39 is 0 Å². The summed E-state index contributed by atoms with van der Waals surface area (Å²) in [5.41, 5.74) is 2.11. The molecular weight excluding hydrogens is 308 g/mol. The van der Waals surface area contributed by atoms with Crippen molar-refractivity contribution in [2.24, 2.45) is 7.05 Å². The summed E-state index contributed by atoms with van der Waals surface area (Å²) in [5.74, 6) is 1.43. The number of ether oxygens (including phenoxy) is 1. The fraction of sp³-hybridized carbons (Fsp3) is 0.231. The maximum atomic E-state index is 9.15. The fourth-order valence-electron chi connectivity index (χ4n) is 1.82. The first kappa shape index (κ1) is 13.4. The molecule has 2 aromatic rings. The second kappa shape index (κ2) is 5.33. The van der Waals surface area contributed by atoms with Crippen molar-refractivity contribution in [3.8, 4) is 11.8 Å². The molecule has 0 saturated heterocycles. The molecule has 1 aromatic carbocycles. The van der Waals surface area contributed by atoms with Crippen LogP contribution >= 0.6 is 15.9 Å². The Bertz CT molecular complexity index is 657. The average molecular weight is 321 g/mol. The van der Waals surface area contributed by atoms with Crippen LogP contribution in [0.3, 0.4) is 0 Å². The van der Waals surface area contributed by atoms with E-state index in [1.165, 1.54) is 0 Å². The van der Waals surface area contributed by atoms with Gasteiger partial charge in [0.25, 0.3) is 0 Å². The minimum atomic E-state index is 0.550.